The van der Waals surface area contributed by atoms with Gasteiger partial charge in [0.2, 0.25) is 5.91 Å². The highest BCUT2D eigenvalue weighted by Gasteiger charge is 2.18. The molecule has 5 heteroatoms. The quantitative estimate of drug-likeness (QED) is 0.759. The molecule has 0 saturated carbocycles. The topological polar surface area (TPSA) is 66.8 Å². The van der Waals surface area contributed by atoms with Crippen LogP contribution in [0.3, 0.4) is 0 Å². The van der Waals surface area contributed by atoms with Crippen molar-refractivity contribution in [3.05, 3.63) is 0 Å². The molecular weight excluding hydrogens is 222 g/mol. The average molecular weight is 243 g/mol. The van der Waals surface area contributed by atoms with Gasteiger partial charge < -0.3 is 14.7 Å². The minimum Gasteiger partial charge on any atom is -0.481 e. The van der Waals surface area contributed by atoms with Crippen molar-refractivity contribution in [2.24, 2.45) is 5.92 Å². The number of aliphatic carboxylic acids is 1. The van der Waals surface area contributed by atoms with E-state index in [0.717, 1.165) is 32.6 Å². The summed E-state index contributed by atoms with van der Waals surface area (Å²) in [6.07, 6.45) is 2.83. The number of hydrogen-bond acceptors (Lipinski definition) is 3. The zero-order valence-electron chi connectivity index (χ0n) is 10.4. The van der Waals surface area contributed by atoms with Gasteiger partial charge >= 0.3 is 5.97 Å². The molecule has 0 atom stereocenters. The van der Waals surface area contributed by atoms with Crippen LogP contribution in [0.4, 0.5) is 0 Å². The molecule has 0 aromatic heterocycles. The van der Waals surface area contributed by atoms with Crippen LogP contribution in [0.2, 0.25) is 0 Å². The third-order valence-electron chi connectivity index (χ3n) is 3.08. The van der Waals surface area contributed by atoms with E-state index < -0.39 is 5.97 Å². The fourth-order valence-corrected chi connectivity index (χ4v) is 2.00. The Morgan fingerprint density at radius 3 is 2.53 bits per heavy atom. The minimum absolute atomic E-state index is 0.0396. The third-order valence-corrected chi connectivity index (χ3v) is 3.08. The van der Waals surface area contributed by atoms with Gasteiger partial charge in [0.15, 0.2) is 0 Å². The van der Waals surface area contributed by atoms with E-state index in [1.165, 1.54) is 0 Å². The predicted molar refractivity (Wildman–Crippen MR) is 62.7 cm³/mol. The molecule has 1 rings (SSSR count). The summed E-state index contributed by atoms with van der Waals surface area (Å²) >= 11 is 0. The summed E-state index contributed by atoms with van der Waals surface area (Å²) in [6, 6.07) is 0. The van der Waals surface area contributed by atoms with Gasteiger partial charge in [0.05, 0.1) is 0 Å². The van der Waals surface area contributed by atoms with Crippen LogP contribution < -0.4 is 0 Å². The Morgan fingerprint density at radius 1 is 1.29 bits per heavy atom. The summed E-state index contributed by atoms with van der Waals surface area (Å²) < 4.78 is 5.26. The third kappa shape index (κ3) is 5.68. The number of ether oxygens (including phenoxy) is 1. The van der Waals surface area contributed by atoms with Crippen LogP contribution in [0, 0.1) is 5.92 Å². The van der Waals surface area contributed by atoms with Gasteiger partial charge in [-0.1, -0.05) is 0 Å². The highest BCUT2D eigenvalue weighted by molar-refractivity contribution is 5.76. The monoisotopic (exact) mass is 243 g/mol. The molecule has 1 heterocycles. The lowest BCUT2D eigenvalue weighted by molar-refractivity contribution is -0.137. The second-order valence-corrected chi connectivity index (χ2v) is 4.58. The zero-order valence-corrected chi connectivity index (χ0v) is 10.4. The number of nitrogens with zero attached hydrogens (tertiary/aromatic N) is 1. The number of carbonyl (C=O) groups is 2. The lowest BCUT2D eigenvalue weighted by atomic mass is 10.00. The Morgan fingerprint density at radius 2 is 1.94 bits per heavy atom. The number of carboxylic acid groups (broad SMARTS) is 1. The first-order valence-corrected chi connectivity index (χ1v) is 6.13. The predicted octanol–water partition coefficient (Wildman–Crippen LogP) is 1.13. The molecule has 1 aliphatic heterocycles. The van der Waals surface area contributed by atoms with Gasteiger partial charge in [-0.15, -0.1) is 0 Å². The van der Waals surface area contributed by atoms with Gasteiger partial charge in [0, 0.05) is 39.6 Å². The second kappa shape index (κ2) is 7.27. The Hall–Kier alpha value is -1.10. The van der Waals surface area contributed by atoms with Crippen LogP contribution in [0.1, 0.15) is 32.1 Å². The van der Waals surface area contributed by atoms with E-state index in [1.54, 1.807) is 11.9 Å². The smallest absolute Gasteiger partial charge is 0.303 e. The number of amides is 1. The van der Waals surface area contributed by atoms with Crippen LogP contribution in [0.5, 0.6) is 0 Å². The van der Waals surface area contributed by atoms with Crippen LogP contribution >= 0.6 is 0 Å². The molecule has 5 nitrogen and oxygen atoms in total. The lowest BCUT2D eigenvalue weighted by Gasteiger charge is -2.27. The largest absolute Gasteiger partial charge is 0.481 e. The molecule has 17 heavy (non-hydrogen) atoms. The Kier molecular flexibility index (Phi) is 5.97. The molecule has 0 radical (unpaired) electrons. The molecule has 1 amide bonds. The number of hydrogen-bond donors (Lipinski definition) is 1. The normalized spacial score (nSPS) is 16.8. The standard InChI is InChI=1S/C12H21NO4/c1-13(9-10-5-7-17-8-6-10)11(14)3-2-4-12(15)16/h10H,2-9H2,1H3,(H,15,16). The maximum absolute atomic E-state index is 11.7. The summed E-state index contributed by atoms with van der Waals surface area (Å²) in [6.45, 7) is 2.33. The summed E-state index contributed by atoms with van der Waals surface area (Å²) in [5, 5.41) is 8.49. The molecule has 0 spiro atoms. The molecule has 0 aromatic rings. The molecule has 98 valence electrons. The van der Waals surface area contributed by atoms with Crippen molar-refractivity contribution < 1.29 is 19.4 Å². The van der Waals surface area contributed by atoms with E-state index in [0.29, 0.717) is 18.8 Å². The highest BCUT2D eigenvalue weighted by Crippen LogP contribution is 2.16. The Labute approximate surface area is 102 Å². The molecule has 1 aliphatic rings. The molecule has 0 unspecified atom stereocenters. The van der Waals surface area contributed by atoms with Crippen LogP contribution in [0.25, 0.3) is 0 Å². The van der Waals surface area contributed by atoms with Crippen molar-refractivity contribution in [3.63, 3.8) is 0 Å². The first kappa shape index (κ1) is 14.0. The molecule has 1 saturated heterocycles. The number of rotatable bonds is 6. The van der Waals surface area contributed by atoms with E-state index in [4.69, 9.17) is 9.84 Å². The SMILES string of the molecule is CN(CC1CCOCC1)C(=O)CCCC(=O)O. The number of carboxylic acids is 1. The van der Waals surface area contributed by atoms with Crippen molar-refractivity contribution in [2.45, 2.75) is 32.1 Å². The highest BCUT2D eigenvalue weighted by atomic mass is 16.5. The Balaban J connectivity index is 2.18. The second-order valence-electron chi connectivity index (χ2n) is 4.58. The van der Waals surface area contributed by atoms with E-state index in [-0.39, 0.29) is 12.3 Å². The van der Waals surface area contributed by atoms with Crippen molar-refractivity contribution >= 4 is 11.9 Å². The van der Waals surface area contributed by atoms with Crippen molar-refractivity contribution in [2.75, 3.05) is 26.8 Å². The van der Waals surface area contributed by atoms with Crippen molar-refractivity contribution in [1.29, 1.82) is 0 Å². The molecule has 0 aromatic carbocycles. The molecular formula is C12H21NO4. The molecule has 1 fully saturated rings. The van der Waals surface area contributed by atoms with Crippen LogP contribution in [0.15, 0.2) is 0 Å². The van der Waals surface area contributed by atoms with E-state index in [1.807, 2.05) is 0 Å². The average Bonchev–Trinajstić information content (AvgIpc) is 2.29. The van der Waals surface area contributed by atoms with E-state index in [9.17, 15) is 9.59 Å². The van der Waals surface area contributed by atoms with E-state index >= 15 is 0 Å². The van der Waals surface area contributed by atoms with Gasteiger partial charge in [0.1, 0.15) is 0 Å². The maximum atomic E-state index is 11.7. The summed E-state index contributed by atoms with van der Waals surface area (Å²) in [4.78, 5) is 23.7. The van der Waals surface area contributed by atoms with Gasteiger partial charge in [-0.05, 0) is 25.2 Å². The Bertz CT molecular complexity index is 261. The van der Waals surface area contributed by atoms with Crippen LogP contribution in [-0.2, 0) is 14.3 Å². The first-order chi connectivity index (χ1) is 8.09. The summed E-state index contributed by atoms with van der Waals surface area (Å²) in [5.74, 6) is -0.278. The zero-order chi connectivity index (χ0) is 12.7. The van der Waals surface area contributed by atoms with Gasteiger partial charge in [-0.3, -0.25) is 9.59 Å². The lowest BCUT2D eigenvalue weighted by Crippen LogP contribution is -2.34. The maximum Gasteiger partial charge on any atom is 0.303 e. The minimum atomic E-state index is -0.843. The molecule has 1 N–H and O–H groups in total. The van der Waals surface area contributed by atoms with Crippen LogP contribution in [-0.4, -0.2) is 48.7 Å². The summed E-state index contributed by atoms with van der Waals surface area (Å²) in [5.41, 5.74) is 0. The van der Waals surface area contributed by atoms with Crippen molar-refractivity contribution in [1.82, 2.24) is 4.90 Å². The van der Waals surface area contributed by atoms with E-state index in [2.05, 4.69) is 0 Å². The fraction of sp³-hybridized carbons (Fsp3) is 0.833. The number of carbonyl (C=O) groups excluding carboxylic acids is 1. The molecule has 0 bridgehead atoms. The summed E-state index contributed by atoms with van der Waals surface area (Å²) in [7, 11) is 1.79. The molecule has 0 aliphatic carbocycles. The van der Waals surface area contributed by atoms with Crippen molar-refractivity contribution in [3.8, 4) is 0 Å². The fourth-order valence-electron chi connectivity index (χ4n) is 2.00. The van der Waals surface area contributed by atoms with Gasteiger partial charge in [0.25, 0.3) is 0 Å². The first-order valence-electron chi connectivity index (χ1n) is 6.13. The van der Waals surface area contributed by atoms with Gasteiger partial charge in [-0.2, -0.15) is 0 Å². The van der Waals surface area contributed by atoms with Gasteiger partial charge in [-0.25, -0.2) is 0 Å².